The van der Waals surface area contributed by atoms with Gasteiger partial charge in [-0.2, -0.15) is 0 Å². The summed E-state index contributed by atoms with van der Waals surface area (Å²) in [6.07, 6.45) is 1.05. The molecule has 0 unspecified atom stereocenters. The van der Waals surface area contributed by atoms with Crippen LogP contribution in [0.25, 0.3) is 0 Å². The van der Waals surface area contributed by atoms with Crippen LogP contribution in [0.4, 0.5) is 4.39 Å². The van der Waals surface area contributed by atoms with Crippen molar-refractivity contribution in [3.63, 3.8) is 0 Å². The van der Waals surface area contributed by atoms with Crippen molar-refractivity contribution in [3.8, 4) is 0 Å². The lowest BCUT2D eigenvalue weighted by molar-refractivity contribution is -0.133. The average molecular weight is 349 g/mol. The quantitative estimate of drug-likeness (QED) is 0.768. The third-order valence-corrected chi connectivity index (χ3v) is 4.31. The maximum absolute atomic E-state index is 12.8. The van der Waals surface area contributed by atoms with Crippen molar-refractivity contribution in [3.05, 3.63) is 35.6 Å². The first kappa shape index (κ1) is 19.4. The molecule has 1 aromatic carbocycles. The van der Waals surface area contributed by atoms with Crippen LogP contribution >= 0.6 is 0 Å². The van der Waals surface area contributed by atoms with E-state index in [0.717, 1.165) is 32.7 Å². The fraction of sp³-hybridized carbons (Fsp3) is 0.579. The van der Waals surface area contributed by atoms with Crippen molar-refractivity contribution in [1.82, 2.24) is 15.1 Å². The van der Waals surface area contributed by atoms with E-state index < -0.39 is 0 Å². The highest BCUT2D eigenvalue weighted by molar-refractivity contribution is 5.94. The van der Waals surface area contributed by atoms with Gasteiger partial charge in [0.05, 0.1) is 0 Å². The Morgan fingerprint density at radius 1 is 1.12 bits per heavy atom. The molecule has 1 aromatic rings. The normalized spacial score (nSPS) is 15.4. The number of halogens is 1. The predicted octanol–water partition coefficient (Wildman–Crippen LogP) is 2.14. The van der Waals surface area contributed by atoms with Crippen molar-refractivity contribution in [2.75, 3.05) is 39.3 Å². The highest BCUT2D eigenvalue weighted by Crippen LogP contribution is 2.08. The van der Waals surface area contributed by atoms with Gasteiger partial charge < -0.3 is 10.2 Å². The molecule has 0 saturated carbocycles. The zero-order valence-electron chi connectivity index (χ0n) is 15.1. The van der Waals surface area contributed by atoms with Crippen LogP contribution in [0.3, 0.4) is 0 Å². The minimum Gasteiger partial charge on any atom is -0.352 e. The molecular formula is C19H28FN3O2. The Bertz CT molecular complexity index is 567. The van der Waals surface area contributed by atoms with Gasteiger partial charge in [0, 0.05) is 51.3 Å². The van der Waals surface area contributed by atoms with Crippen LogP contribution in [0.2, 0.25) is 0 Å². The van der Waals surface area contributed by atoms with Crippen LogP contribution in [-0.2, 0) is 4.79 Å². The Morgan fingerprint density at radius 2 is 1.76 bits per heavy atom. The standard InChI is InChI=1S/C19H28FN3O2/c1-15(2)14-22-10-12-23(13-11-22)18(24)4-3-9-21-19(25)16-5-7-17(20)8-6-16/h5-8,15H,3-4,9-14H2,1-2H3,(H,21,25). The summed E-state index contributed by atoms with van der Waals surface area (Å²) >= 11 is 0. The fourth-order valence-electron chi connectivity index (χ4n) is 3.00. The number of carbonyl (C=O) groups is 2. The van der Waals surface area contributed by atoms with E-state index in [9.17, 15) is 14.0 Å². The summed E-state index contributed by atoms with van der Waals surface area (Å²) in [5.41, 5.74) is 0.425. The summed E-state index contributed by atoms with van der Waals surface area (Å²) in [5.74, 6) is 0.192. The number of nitrogens with one attached hydrogen (secondary N) is 1. The number of hydrogen-bond donors (Lipinski definition) is 1. The second-order valence-corrected chi connectivity index (χ2v) is 6.94. The van der Waals surface area contributed by atoms with E-state index in [2.05, 4.69) is 24.1 Å². The molecule has 0 radical (unpaired) electrons. The van der Waals surface area contributed by atoms with Crippen LogP contribution in [-0.4, -0.2) is 60.9 Å². The Balaban J connectivity index is 1.62. The molecule has 1 heterocycles. The highest BCUT2D eigenvalue weighted by atomic mass is 19.1. The van der Waals surface area contributed by atoms with E-state index in [1.807, 2.05) is 4.90 Å². The first-order valence-electron chi connectivity index (χ1n) is 8.99. The average Bonchev–Trinajstić information content (AvgIpc) is 2.59. The number of piperazine rings is 1. The largest absolute Gasteiger partial charge is 0.352 e. The van der Waals surface area contributed by atoms with Gasteiger partial charge in [0.15, 0.2) is 0 Å². The minimum absolute atomic E-state index is 0.153. The number of nitrogens with zero attached hydrogens (tertiary/aromatic N) is 2. The van der Waals surface area contributed by atoms with Crippen molar-refractivity contribution in [2.24, 2.45) is 5.92 Å². The molecule has 0 aliphatic carbocycles. The van der Waals surface area contributed by atoms with Gasteiger partial charge in [0.1, 0.15) is 5.82 Å². The van der Waals surface area contributed by atoms with Gasteiger partial charge in [-0.15, -0.1) is 0 Å². The summed E-state index contributed by atoms with van der Waals surface area (Å²) in [5, 5.41) is 2.76. The molecule has 6 heteroatoms. The molecule has 0 spiro atoms. The van der Waals surface area contributed by atoms with Gasteiger partial charge in [-0.05, 0) is 36.6 Å². The minimum atomic E-state index is -0.365. The Kier molecular flexibility index (Phi) is 7.37. The molecule has 0 aromatic heterocycles. The first-order chi connectivity index (χ1) is 12.0. The topological polar surface area (TPSA) is 52.6 Å². The van der Waals surface area contributed by atoms with E-state index in [0.29, 0.717) is 30.9 Å². The summed E-state index contributed by atoms with van der Waals surface area (Å²) in [6.45, 7) is 9.37. The molecule has 0 bridgehead atoms. The lowest BCUT2D eigenvalue weighted by atomic mass is 10.2. The van der Waals surface area contributed by atoms with Crippen molar-refractivity contribution in [2.45, 2.75) is 26.7 Å². The smallest absolute Gasteiger partial charge is 0.251 e. The Hall–Kier alpha value is -1.95. The van der Waals surface area contributed by atoms with Crippen LogP contribution in [0.1, 0.15) is 37.0 Å². The summed E-state index contributed by atoms with van der Waals surface area (Å²) in [4.78, 5) is 28.4. The number of carbonyl (C=O) groups excluding carboxylic acids is 2. The van der Waals surface area contributed by atoms with Crippen LogP contribution in [0, 0.1) is 11.7 Å². The SMILES string of the molecule is CC(C)CN1CCN(C(=O)CCCNC(=O)c2ccc(F)cc2)CC1. The number of amides is 2. The summed E-state index contributed by atoms with van der Waals surface area (Å²) in [7, 11) is 0. The van der Waals surface area contributed by atoms with Crippen molar-refractivity contribution in [1.29, 1.82) is 0 Å². The van der Waals surface area contributed by atoms with E-state index in [-0.39, 0.29) is 17.6 Å². The van der Waals surface area contributed by atoms with Gasteiger partial charge in [-0.25, -0.2) is 4.39 Å². The van der Waals surface area contributed by atoms with Crippen molar-refractivity contribution >= 4 is 11.8 Å². The van der Waals surface area contributed by atoms with Crippen LogP contribution < -0.4 is 5.32 Å². The molecule has 1 aliphatic rings. The van der Waals surface area contributed by atoms with E-state index in [1.165, 1.54) is 24.3 Å². The second-order valence-electron chi connectivity index (χ2n) is 6.94. The number of benzene rings is 1. The molecule has 1 saturated heterocycles. The first-order valence-corrected chi connectivity index (χ1v) is 8.99. The van der Waals surface area contributed by atoms with E-state index in [4.69, 9.17) is 0 Å². The molecular weight excluding hydrogens is 321 g/mol. The van der Waals surface area contributed by atoms with Gasteiger partial charge in [-0.1, -0.05) is 13.8 Å². The zero-order valence-corrected chi connectivity index (χ0v) is 15.1. The highest BCUT2D eigenvalue weighted by Gasteiger charge is 2.20. The molecule has 138 valence electrons. The fourth-order valence-corrected chi connectivity index (χ4v) is 3.00. The monoisotopic (exact) mass is 349 g/mol. The lowest BCUT2D eigenvalue weighted by Crippen LogP contribution is -2.49. The third kappa shape index (κ3) is 6.46. The molecule has 1 fully saturated rings. The van der Waals surface area contributed by atoms with Gasteiger partial charge >= 0.3 is 0 Å². The predicted molar refractivity (Wildman–Crippen MR) is 95.8 cm³/mol. The van der Waals surface area contributed by atoms with Gasteiger partial charge in [-0.3, -0.25) is 14.5 Å². The van der Waals surface area contributed by atoms with Crippen molar-refractivity contribution < 1.29 is 14.0 Å². The van der Waals surface area contributed by atoms with Crippen LogP contribution in [0.5, 0.6) is 0 Å². The molecule has 0 atom stereocenters. The third-order valence-electron chi connectivity index (χ3n) is 4.31. The second kappa shape index (κ2) is 9.51. The molecule has 2 rings (SSSR count). The van der Waals surface area contributed by atoms with Gasteiger partial charge in [0.25, 0.3) is 5.91 Å². The number of rotatable bonds is 7. The van der Waals surface area contributed by atoms with Gasteiger partial charge in [0.2, 0.25) is 5.91 Å². The molecule has 2 amide bonds. The lowest BCUT2D eigenvalue weighted by Gasteiger charge is -2.35. The molecule has 1 N–H and O–H groups in total. The number of hydrogen-bond acceptors (Lipinski definition) is 3. The summed E-state index contributed by atoms with van der Waals surface area (Å²) in [6, 6.07) is 5.42. The molecule has 25 heavy (non-hydrogen) atoms. The van der Waals surface area contributed by atoms with E-state index >= 15 is 0 Å². The van der Waals surface area contributed by atoms with Crippen LogP contribution in [0.15, 0.2) is 24.3 Å². The Morgan fingerprint density at radius 3 is 2.36 bits per heavy atom. The maximum atomic E-state index is 12.8. The zero-order chi connectivity index (χ0) is 18.2. The summed E-state index contributed by atoms with van der Waals surface area (Å²) < 4.78 is 12.8. The maximum Gasteiger partial charge on any atom is 0.251 e. The molecule has 1 aliphatic heterocycles. The Labute approximate surface area is 149 Å². The molecule has 5 nitrogen and oxygen atoms in total. The van der Waals surface area contributed by atoms with E-state index in [1.54, 1.807) is 0 Å².